The van der Waals surface area contributed by atoms with Crippen LogP contribution in [-0.2, 0) is 28.7 Å². The second-order valence-corrected chi connectivity index (χ2v) is 6.88. The van der Waals surface area contributed by atoms with E-state index in [1.807, 2.05) is 0 Å². The molecule has 0 aromatic heterocycles. The Hall–Kier alpha value is -1.57. The van der Waals surface area contributed by atoms with Crippen molar-refractivity contribution < 1.29 is 28.7 Å². The summed E-state index contributed by atoms with van der Waals surface area (Å²) >= 11 is 0.816. The van der Waals surface area contributed by atoms with Gasteiger partial charge in [-0.15, -0.1) is 0 Å². The summed E-state index contributed by atoms with van der Waals surface area (Å²) in [4.78, 5) is 47.1. The van der Waals surface area contributed by atoms with Crippen molar-refractivity contribution in [2.75, 3.05) is 13.2 Å². The summed E-state index contributed by atoms with van der Waals surface area (Å²) in [5, 5.41) is 2.14. The van der Waals surface area contributed by atoms with Crippen LogP contribution in [0.5, 0.6) is 0 Å². The van der Waals surface area contributed by atoms with E-state index in [4.69, 9.17) is 9.47 Å². The van der Waals surface area contributed by atoms with Crippen LogP contribution in [0.4, 0.5) is 0 Å². The van der Waals surface area contributed by atoms with Gasteiger partial charge in [0.25, 0.3) is 0 Å². The number of carbonyl (C=O) groups excluding carboxylic acids is 4. The minimum Gasteiger partial charge on any atom is -0.466 e. The van der Waals surface area contributed by atoms with Gasteiger partial charge in [0.2, 0.25) is 11.0 Å². The fraction of sp³-hybridized carbons (Fsp3) is 0.733. The number of rotatable bonds is 9. The molecular formula is C15H25NO6S. The number of ether oxygens (including phenoxy) is 2. The van der Waals surface area contributed by atoms with Crippen LogP contribution in [0.15, 0.2) is 0 Å². The fourth-order valence-electron chi connectivity index (χ4n) is 1.72. The molecule has 0 aromatic rings. The van der Waals surface area contributed by atoms with E-state index in [1.54, 1.807) is 34.6 Å². The van der Waals surface area contributed by atoms with Gasteiger partial charge >= 0.3 is 11.9 Å². The van der Waals surface area contributed by atoms with Gasteiger partial charge in [0, 0.05) is 11.2 Å². The molecule has 23 heavy (non-hydrogen) atoms. The van der Waals surface area contributed by atoms with Crippen LogP contribution in [-0.4, -0.2) is 47.0 Å². The zero-order chi connectivity index (χ0) is 18.0. The molecule has 1 unspecified atom stereocenters. The smallest absolute Gasteiger partial charge is 0.330 e. The minimum absolute atomic E-state index is 0.162. The Morgan fingerprint density at radius 2 is 1.61 bits per heavy atom. The van der Waals surface area contributed by atoms with Crippen LogP contribution in [0, 0.1) is 0 Å². The van der Waals surface area contributed by atoms with E-state index in [2.05, 4.69) is 5.32 Å². The monoisotopic (exact) mass is 347 g/mol. The highest BCUT2D eigenvalue weighted by atomic mass is 32.2. The molecule has 1 amide bonds. The average Bonchev–Trinajstić information content (AvgIpc) is 2.43. The zero-order valence-corrected chi connectivity index (χ0v) is 15.1. The van der Waals surface area contributed by atoms with Gasteiger partial charge in [0.05, 0.1) is 13.2 Å². The molecule has 1 atom stereocenters. The number of hydrogen-bond acceptors (Lipinski definition) is 7. The van der Waals surface area contributed by atoms with Gasteiger partial charge in [-0.2, -0.15) is 0 Å². The molecular weight excluding hydrogens is 322 g/mol. The highest BCUT2D eigenvalue weighted by Crippen LogP contribution is 2.31. The average molecular weight is 347 g/mol. The Morgan fingerprint density at radius 3 is 2.09 bits per heavy atom. The van der Waals surface area contributed by atoms with Crippen LogP contribution in [0.3, 0.4) is 0 Å². The molecule has 7 nitrogen and oxygen atoms in total. The molecule has 0 bridgehead atoms. The van der Waals surface area contributed by atoms with Gasteiger partial charge in [0.15, 0.2) is 0 Å². The van der Waals surface area contributed by atoms with E-state index in [0.29, 0.717) is 0 Å². The molecule has 0 heterocycles. The maximum absolute atomic E-state index is 12.1. The molecule has 0 spiro atoms. The number of esters is 2. The number of hydrogen-bond donors (Lipinski definition) is 1. The van der Waals surface area contributed by atoms with Crippen molar-refractivity contribution in [1.29, 1.82) is 0 Å². The van der Waals surface area contributed by atoms with Crippen molar-refractivity contribution in [3.63, 3.8) is 0 Å². The Kier molecular flexibility index (Phi) is 9.55. The summed E-state index contributed by atoms with van der Waals surface area (Å²) in [6, 6.07) is -0.994. The maximum Gasteiger partial charge on any atom is 0.330 e. The van der Waals surface area contributed by atoms with Crippen molar-refractivity contribution in [2.45, 2.75) is 58.2 Å². The number of thioether (sulfide) groups is 1. The van der Waals surface area contributed by atoms with E-state index in [-0.39, 0.29) is 32.0 Å². The minimum atomic E-state index is -0.994. The highest BCUT2D eigenvalue weighted by molar-refractivity contribution is 8.14. The first kappa shape index (κ1) is 21.4. The van der Waals surface area contributed by atoms with Gasteiger partial charge in [0.1, 0.15) is 12.5 Å². The zero-order valence-electron chi connectivity index (χ0n) is 14.3. The quantitative estimate of drug-likeness (QED) is 0.497. The number of amides is 1. The maximum atomic E-state index is 12.1. The van der Waals surface area contributed by atoms with Crippen molar-refractivity contribution in [3.05, 3.63) is 0 Å². The second-order valence-electron chi connectivity index (χ2n) is 5.17. The molecule has 0 rings (SSSR count). The van der Waals surface area contributed by atoms with Crippen molar-refractivity contribution in [2.24, 2.45) is 0 Å². The third-order valence-corrected chi connectivity index (χ3v) is 3.95. The molecule has 0 saturated heterocycles. The first-order valence-electron chi connectivity index (χ1n) is 7.51. The molecule has 132 valence electrons. The summed E-state index contributed by atoms with van der Waals surface area (Å²) in [6.07, 6.45) is -0.188. The van der Waals surface area contributed by atoms with Crippen LogP contribution in [0.2, 0.25) is 0 Å². The Bertz CT molecular complexity index is 449. The number of nitrogens with one attached hydrogen (secondary N) is 1. The van der Waals surface area contributed by atoms with E-state index in [1.165, 1.54) is 0 Å². The first-order chi connectivity index (χ1) is 10.7. The van der Waals surface area contributed by atoms with E-state index in [0.717, 1.165) is 11.8 Å². The van der Waals surface area contributed by atoms with Crippen LogP contribution in [0.25, 0.3) is 0 Å². The summed E-state index contributed by atoms with van der Waals surface area (Å²) in [6.45, 7) is 8.59. The third kappa shape index (κ3) is 8.01. The third-order valence-electron chi connectivity index (χ3n) is 2.81. The first-order valence-corrected chi connectivity index (χ1v) is 8.32. The molecule has 0 aliphatic carbocycles. The lowest BCUT2D eigenvalue weighted by Gasteiger charge is -2.31. The predicted molar refractivity (Wildman–Crippen MR) is 86.8 cm³/mol. The van der Waals surface area contributed by atoms with Crippen molar-refractivity contribution in [3.8, 4) is 0 Å². The number of carbonyl (C=O) groups is 4. The highest BCUT2D eigenvalue weighted by Gasteiger charge is 2.40. The van der Waals surface area contributed by atoms with Gasteiger partial charge in [-0.3, -0.25) is 14.4 Å². The second kappa shape index (κ2) is 10.3. The van der Waals surface area contributed by atoms with E-state index < -0.39 is 27.8 Å². The largest absolute Gasteiger partial charge is 0.466 e. The van der Waals surface area contributed by atoms with Crippen LogP contribution >= 0.6 is 11.8 Å². The Labute approximate surface area is 140 Å². The van der Waals surface area contributed by atoms with Crippen LogP contribution < -0.4 is 5.32 Å². The summed E-state index contributed by atoms with van der Waals surface area (Å²) in [5.41, 5.74) is 0. The molecule has 8 heteroatoms. The Morgan fingerprint density at radius 1 is 1.04 bits per heavy atom. The molecule has 0 aliphatic heterocycles. The lowest BCUT2D eigenvalue weighted by atomic mass is 10.0. The fourth-order valence-corrected chi connectivity index (χ4v) is 2.77. The molecule has 1 N–H and O–H groups in total. The Balaban J connectivity index is 5.02. The molecule has 0 saturated carbocycles. The molecule has 0 aromatic carbocycles. The van der Waals surface area contributed by atoms with Crippen molar-refractivity contribution in [1.82, 2.24) is 5.32 Å². The molecule has 0 fully saturated rings. The SMILES string of the molecule is CCOC(=O)CC(=O)SC(C)(C)C(NC(=O)CC)C(=O)OCC. The van der Waals surface area contributed by atoms with Gasteiger partial charge < -0.3 is 14.8 Å². The van der Waals surface area contributed by atoms with Crippen LogP contribution in [0.1, 0.15) is 47.5 Å². The summed E-state index contributed by atoms with van der Waals surface area (Å²) in [7, 11) is 0. The topological polar surface area (TPSA) is 98.8 Å². The molecule has 0 radical (unpaired) electrons. The van der Waals surface area contributed by atoms with E-state index in [9.17, 15) is 19.2 Å². The van der Waals surface area contributed by atoms with Gasteiger partial charge in [-0.1, -0.05) is 18.7 Å². The summed E-state index contributed by atoms with van der Waals surface area (Å²) in [5.74, 6) is -1.56. The van der Waals surface area contributed by atoms with Gasteiger partial charge in [-0.25, -0.2) is 4.79 Å². The van der Waals surface area contributed by atoms with Crippen molar-refractivity contribution >= 4 is 34.7 Å². The standard InChI is InChI=1S/C15H25NO6S/c1-6-10(17)16-13(14(20)22-8-3)15(4,5)23-12(19)9-11(18)21-7-2/h13H,6-9H2,1-5H3,(H,16,17). The predicted octanol–water partition coefficient (Wildman–Crippen LogP) is 1.44. The van der Waals surface area contributed by atoms with E-state index >= 15 is 0 Å². The van der Waals surface area contributed by atoms with Gasteiger partial charge in [-0.05, 0) is 27.7 Å². The summed E-state index contributed by atoms with van der Waals surface area (Å²) < 4.78 is 8.72. The lowest BCUT2D eigenvalue weighted by molar-refractivity contribution is -0.148. The lowest BCUT2D eigenvalue weighted by Crippen LogP contribution is -2.53. The molecule has 0 aliphatic rings. The normalized spacial score (nSPS) is 12.2.